The molecule has 0 spiro atoms. The number of unbranched alkanes of at least 4 members (excludes halogenated alkanes) is 12. The van der Waals surface area contributed by atoms with Crippen LogP contribution in [0.4, 0.5) is 5.82 Å². The molecule has 1 aromatic heterocycles. The number of likely N-dealkylation sites (N-methyl/N-ethyl adjacent to an activating group) is 1. The Morgan fingerprint density at radius 2 is 1.33 bits per heavy atom. The number of amides is 1. The summed E-state index contributed by atoms with van der Waals surface area (Å²) < 4.78 is 29.5. The second-order valence-electron chi connectivity index (χ2n) is 11.6. The minimum Gasteiger partial charge on any atom is -0.354 e. The number of aromatic nitrogens is 1. The number of nitrogens with one attached hydrogen (secondary N) is 1. The first-order valence-electron chi connectivity index (χ1n) is 16.0. The Labute approximate surface area is 254 Å². The van der Waals surface area contributed by atoms with E-state index in [1.54, 1.807) is 30.5 Å². The highest BCUT2D eigenvalue weighted by molar-refractivity contribution is 7.86. The van der Waals surface area contributed by atoms with Gasteiger partial charge >= 0.3 is 0 Å². The molecule has 0 bridgehead atoms. The van der Waals surface area contributed by atoms with Crippen molar-refractivity contribution in [2.75, 3.05) is 51.3 Å². The van der Waals surface area contributed by atoms with Crippen molar-refractivity contribution >= 4 is 21.8 Å². The largest absolute Gasteiger partial charge is 0.354 e. The zero-order valence-electron chi connectivity index (χ0n) is 25.9. The summed E-state index contributed by atoms with van der Waals surface area (Å²) in [6.07, 6.45) is 16.8. The highest BCUT2D eigenvalue weighted by atomic mass is 32.2. The monoisotopic (exact) mass is 600 g/mol. The first-order valence-corrected chi connectivity index (χ1v) is 17.4. The van der Waals surface area contributed by atoms with E-state index in [0.29, 0.717) is 12.1 Å². The van der Waals surface area contributed by atoms with Gasteiger partial charge in [-0.15, -0.1) is 0 Å². The van der Waals surface area contributed by atoms with Gasteiger partial charge in [-0.2, -0.15) is 8.42 Å². The molecule has 1 amide bonds. The molecule has 234 valence electrons. The van der Waals surface area contributed by atoms with E-state index in [2.05, 4.69) is 27.1 Å². The molecule has 8 nitrogen and oxygen atoms in total. The van der Waals surface area contributed by atoms with Gasteiger partial charge in [-0.05, 0) is 51.1 Å². The Morgan fingerprint density at radius 1 is 0.786 bits per heavy atom. The van der Waals surface area contributed by atoms with Gasteiger partial charge in [0.05, 0.1) is 17.1 Å². The molecule has 2 aromatic rings. The molecule has 1 fully saturated rings. The van der Waals surface area contributed by atoms with E-state index < -0.39 is 10.1 Å². The van der Waals surface area contributed by atoms with Crippen LogP contribution in [0.2, 0.25) is 0 Å². The number of hydrogen-bond acceptors (Lipinski definition) is 7. The van der Waals surface area contributed by atoms with E-state index >= 15 is 0 Å². The lowest BCUT2D eigenvalue weighted by atomic mass is 10.0. The quantitative estimate of drug-likeness (QED) is 0.140. The van der Waals surface area contributed by atoms with Crippen molar-refractivity contribution in [3.63, 3.8) is 0 Å². The van der Waals surface area contributed by atoms with Gasteiger partial charge in [0.2, 0.25) is 0 Å². The molecule has 2 heterocycles. The van der Waals surface area contributed by atoms with E-state index in [9.17, 15) is 13.2 Å². The van der Waals surface area contributed by atoms with Crippen LogP contribution in [0, 0.1) is 6.92 Å². The standard InChI is InChI=1S/C33H52N4O4S/c1-29-16-19-31(20-17-29)42(39,40)41-27-15-13-11-9-7-5-3-4-6-8-10-12-14-22-34-33(38)30-18-21-32(35-28-30)37-25-23-36(2)24-26-37/h16-21,28H,3-15,22-27H2,1-2H3,(H,34,38). The Bertz CT molecular complexity index is 1130. The number of anilines is 1. The first-order chi connectivity index (χ1) is 20.3. The topological polar surface area (TPSA) is 91.8 Å². The number of pyridine rings is 1. The fourth-order valence-electron chi connectivity index (χ4n) is 5.16. The van der Waals surface area contributed by atoms with Crippen LogP contribution in [0.5, 0.6) is 0 Å². The lowest BCUT2D eigenvalue weighted by Gasteiger charge is -2.33. The van der Waals surface area contributed by atoms with Crippen molar-refractivity contribution in [2.24, 2.45) is 0 Å². The smallest absolute Gasteiger partial charge is 0.296 e. The van der Waals surface area contributed by atoms with Crippen molar-refractivity contribution < 1.29 is 17.4 Å². The molecule has 0 unspecified atom stereocenters. The number of carbonyl (C=O) groups excluding carboxylic acids is 1. The maximum Gasteiger partial charge on any atom is 0.296 e. The molecule has 3 rings (SSSR count). The fourth-order valence-corrected chi connectivity index (χ4v) is 6.10. The van der Waals surface area contributed by atoms with Crippen molar-refractivity contribution in [2.45, 2.75) is 95.3 Å². The molecule has 0 radical (unpaired) electrons. The highest BCUT2D eigenvalue weighted by Crippen LogP contribution is 2.16. The van der Waals surface area contributed by atoms with Gasteiger partial charge in [-0.3, -0.25) is 8.98 Å². The van der Waals surface area contributed by atoms with Crippen molar-refractivity contribution in [3.05, 3.63) is 53.7 Å². The van der Waals surface area contributed by atoms with E-state index in [1.165, 1.54) is 51.4 Å². The minimum absolute atomic E-state index is 0.0354. The molecule has 1 aliphatic heterocycles. The van der Waals surface area contributed by atoms with Crippen LogP contribution in [-0.4, -0.2) is 70.6 Å². The predicted octanol–water partition coefficient (Wildman–Crippen LogP) is 6.35. The molecular weight excluding hydrogens is 548 g/mol. The lowest BCUT2D eigenvalue weighted by Crippen LogP contribution is -2.44. The zero-order chi connectivity index (χ0) is 30.0. The molecule has 9 heteroatoms. The summed E-state index contributed by atoms with van der Waals surface area (Å²) >= 11 is 0. The summed E-state index contributed by atoms with van der Waals surface area (Å²) in [6.45, 7) is 6.92. The number of hydrogen-bond donors (Lipinski definition) is 1. The van der Waals surface area contributed by atoms with Gasteiger partial charge in [-0.25, -0.2) is 4.98 Å². The van der Waals surface area contributed by atoms with Gasteiger partial charge in [0.25, 0.3) is 16.0 Å². The second kappa shape index (κ2) is 18.9. The van der Waals surface area contributed by atoms with Crippen molar-refractivity contribution in [3.8, 4) is 0 Å². The Balaban J connectivity index is 1.07. The number of rotatable bonds is 20. The van der Waals surface area contributed by atoms with E-state index in [1.807, 2.05) is 19.1 Å². The minimum atomic E-state index is -3.64. The van der Waals surface area contributed by atoms with Crippen molar-refractivity contribution in [1.29, 1.82) is 0 Å². The Morgan fingerprint density at radius 3 is 1.88 bits per heavy atom. The van der Waals surface area contributed by atoms with Crippen molar-refractivity contribution in [1.82, 2.24) is 15.2 Å². The molecular formula is C33H52N4O4S. The van der Waals surface area contributed by atoms with Gasteiger partial charge in [0, 0.05) is 38.9 Å². The number of aryl methyl sites for hydroxylation is 1. The highest BCUT2D eigenvalue weighted by Gasteiger charge is 2.16. The van der Waals surface area contributed by atoms with Gasteiger partial charge in [0.15, 0.2) is 0 Å². The average molecular weight is 601 g/mol. The molecule has 0 aliphatic carbocycles. The third kappa shape index (κ3) is 12.8. The number of piperazine rings is 1. The molecule has 1 N–H and O–H groups in total. The van der Waals surface area contributed by atoms with E-state index in [0.717, 1.165) is 69.7 Å². The van der Waals surface area contributed by atoms with Crippen LogP contribution >= 0.6 is 0 Å². The third-order valence-electron chi connectivity index (χ3n) is 7.99. The normalized spacial score (nSPS) is 14.3. The summed E-state index contributed by atoms with van der Waals surface area (Å²) in [7, 11) is -1.50. The maximum absolute atomic E-state index is 12.4. The number of nitrogens with zero attached hydrogens (tertiary/aromatic N) is 3. The van der Waals surface area contributed by atoms with Crippen LogP contribution in [0.3, 0.4) is 0 Å². The molecule has 1 saturated heterocycles. The van der Waals surface area contributed by atoms with Crippen LogP contribution in [-0.2, 0) is 14.3 Å². The zero-order valence-corrected chi connectivity index (χ0v) is 26.7. The Hall–Kier alpha value is -2.49. The SMILES string of the molecule is Cc1ccc(S(=O)(=O)OCCCCCCCCCCCCCCCNC(=O)c2ccc(N3CCN(C)CC3)nc2)cc1. The van der Waals surface area contributed by atoms with Crippen LogP contribution in [0.25, 0.3) is 0 Å². The van der Waals surface area contributed by atoms with Crippen LogP contribution < -0.4 is 10.2 Å². The van der Waals surface area contributed by atoms with Gasteiger partial charge in [-0.1, -0.05) is 88.3 Å². The summed E-state index contributed by atoms with van der Waals surface area (Å²) in [5.74, 6) is 0.916. The van der Waals surface area contributed by atoms with Gasteiger partial charge < -0.3 is 15.1 Å². The lowest BCUT2D eigenvalue weighted by molar-refractivity contribution is 0.0952. The molecule has 1 aliphatic rings. The Kier molecular flexibility index (Phi) is 15.3. The number of carbonyl (C=O) groups is 1. The number of benzene rings is 1. The molecule has 0 atom stereocenters. The summed E-state index contributed by atoms with van der Waals surface area (Å²) in [4.78, 5) is 21.8. The second-order valence-corrected chi connectivity index (χ2v) is 13.3. The molecule has 42 heavy (non-hydrogen) atoms. The van der Waals surface area contributed by atoms with Crippen LogP contribution in [0.15, 0.2) is 47.5 Å². The predicted molar refractivity (Wildman–Crippen MR) is 171 cm³/mol. The maximum atomic E-state index is 12.4. The van der Waals surface area contributed by atoms with Gasteiger partial charge in [0.1, 0.15) is 5.82 Å². The summed E-state index contributed by atoms with van der Waals surface area (Å²) in [5.41, 5.74) is 1.66. The molecule has 1 aromatic carbocycles. The summed E-state index contributed by atoms with van der Waals surface area (Å²) in [6, 6.07) is 10.6. The third-order valence-corrected chi connectivity index (χ3v) is 9.32. The summed E-state index contributed by atoms with van der Waals surface area (Å²) in [5, 5.41) is 3.03. The van der Waals surface area contributed by atoms with E-state index in [4.69, 9.17) is 4.18 Å². The first kappa shape index (κ1) is 34.0. The average Bonchev–Trinajstić information content (AvgIpc) is 2.99. The molecule has 0 saturated carbocycles. The van der Waals surface area contributed by atoms with E-state index in [-0.39, 0.29) is 17.4 Å². The fraction of sp³-hybridized carbons (Fsp3) is 0.636. The van der Waals surface area contributed by atoms with Crippen LogP contribution in [0.1, 0.15) is 99.4 Å².